The molecule has 1 N–H and O–H groups in total. The first-order valence-corrected chi connectivity index (χ1v) is 14.8. The van der Waals surface area contributed by atoms with Gasteiger partial charge in [-0.2, -0.15) is 0 Å². The largest absolute Gasteiger partial charge is 0.465 e. The summed E-state index contributed by atoms with van der Waals surface area (Å²) in [5, 5.41) is 18.4. The van der Waals surface area contributed by atoms with E-state index in [-0.39, 0.29) is 6.04 Å². The fourth-order valence-corrected chi connectivity index (χ4v) is 7.24. The van der Waals surface area contributed by atoms with E-state index < -0.39 is 19.8 Å². The summed E-state index contributed by atoms with van der Waals surface area (Å²) in [4.78, 5) is 14.7. The molecule has 0 bridgehead atoms. The summed E-state index contributed by atoms with van der Waals surface area (Å²) in [6, 6.07) is 1.82. The molecular formula is C18H25BrN4O3SSi. The number of rotatable bonds is 3. The maximum Gasteiger partial charge on any atom is 0.407 e. The Hall–Kier alpha value is -1.23. The van der Waals surface area contributed by atoms with Crippen molar-refractivity contribution >= 4 is 41.4 Å². The number of likely N-dealkylation sites (tertiary alicyclic amines) is 1. The van der Waals surface area contributed by atoms with E-state index in [1.54, 1.807) is 11.3 Å². The van der Waals surface area contributed by atoms with Crippen molar-refractivity contribution in [3.8, 4) is 0 Å². The van der Waals surface area contributed by atoms with E-state index in [1.165, 1.54) is 15.3 Å². The van der Waals surface area contributed by atoms with E-state index in [0.29, 0.717) is 31.7 Å². The third-order valence-corrected chi connectivity index (χ3v) is 8.52. The number of hydrogen-bond donors (Lipinski definition) is 1. The Morgan fingerprint density at radius 3 is 3.00 bits per heavy atom. The summed E-state index contributed by atoms with van der Waals surface area (Å²) in [6.07, 6.45) is 4.01. The number of aromatic nitrogens is 3. The lowest BCUT2D eigenvalue weighted by Gasteiger charge is -2.46. The predicted molar refractivity (Wildman–Crippen MR) is 113 cm³/mol. The molecule has 4 rings (SSSR count). The van der Waals surface area contributed by atoms with Gasteiger partial charge in [-0.15, -0.1) is 16.4 Å². The van der Waals surface area contributed by atoms with Crippen LogP contribution in [0.4, 0.5) is 4.79 Å². The molecule has 28 heavy (non-hydrogen) atoms. The van der Waals surface area contributed by atoms with Gasteiger partial charge >= 0.3 is 6.09 Å². The summed E-state index contributed by atoms with van der Waals surface area (Å²) >= 11 is 5.31. The average molecular weight is 485 g/mol. The van der Waals surface area contributed by atoms with Gasteiger partial charge < -0.3 is 9.84 Å². The number of nitrogens with zero attached hydrogens (tertiary/aromatic N) is 4. The zero-order valence-corrected chi connectivity index (χ0v) is 19.7. The molecule has 10 heteroatoms. The van der Waals surface area contributed by atoms with E-state index in [4.69, 9.17) is 4.74 Å². The molecule has 0 aliphatic carbocycles. The molecule has 0 saturated carbocycles. The lowest BCUT2D eigenvalue weighted by atomic mass is 9.81. The average Bonchev–Trinajstić information content (AvgIpc) is 3.20. The molecule has 1 unspecified atom stereocenters. The summed E-state index contributed by atoms with van der Waals surface area (Å²) in [7, 11) is -1.35. The van der Waals surface area contributed by atoms with Gasteiger partial charge in [0.2, 0.25) is 0 Å². The second-order valence-corrected chi connectivity index (χ2v) is 16.7. The summed E-state index contributed by atoms with van der Waals surface area (Å²) < 4.78 is 9.31. The molecule has 152 valence electrons. The van der Waals surface area contributed by atoms with Gasteiger partial charge in [0.25, 0.3) is 0 Å². The lowest BCUT2D eigenvalue weighted by molar-refractivity contribution is -0.107. The van der Waals surface area contributed by atoms with Gasteiger partial charge in [-0.3, -0.25) is 9.58 Å². The van der Waals surface area contributed by atoms with Gasteiger partial charge in [0, 0.05) is 24.0 Å². The molecule has 2 aromatic heterocycles. The van der Waals surface area contributed by atoms with E-state index in [0.717, 1.165) is 16.4 Å². The Labute approximate surface area is 177 Å². The Bertz CT molecular complexity index is 896. The fourth-order valence-electron chi connectivity index (χ4n) is 4.23. The highest BCUT2D eigenvalue weighted by atomic mass is 79.9. The van der Waals surface area contributed by atoms with Crippen LogP contribution >= 0.6 is 27.3 Å². The smallest absolute Gasteiger partial charge is 0.407 e. The number of thiophene rings is 1. The molecule has 0 radical (unpaired) electrons. The van der Waals surface area contributed by atoms with Crippen LogP contribution in [0.1, 0.15) is 35.0 Å². The molecule has 1 saturated heterocycles. The van der Waals surface area contributed by atoms with Crippen LogP contribution < -0.4 is 0 Å². The van der Waals surface area contributed by atoms with E-state index in [1.807, 2.05) is 10.9 Å². The van der Waals surface area contributed by atoms with Crippen molar-refractivity contribution in [2.75, 3.05) is 13.2 Å². The molecule has 1 amide bonds. The number of ether oxygens (including phenoxy) is 1. The Morgan fingerprint density at radius 2 is 2.29 bits per heavy atom. The van der Waals surface area contributed by atoms with Crippen LogP contribution in [0, 0.1) is 0 Å². The minimum atomic E-state index is -1.35. The van der Waals surface area contributed by atoms with Crippen molar-refractivity contribution in [3.63, 3.8) is 0 Å². The first kappa shape index (κ1) is 20.1. The third kappa shape index (κ3) is 3.79. The standard InChI is InChI=1S/C18H25BrN4O3SSi/c1-28(2,3)11-22-10-13(20-21-22)14-9-18(5-6-23(14)17(24)25)16-12(4-7-26-18)8-15(19)27-16/h8,10,14H,4-7,9,11H2,1-3H3,(H,24,25)/t14-,18?/m0/s1. The molecule has 7 nitrogen and oxygen atoms in total. The third-order valence-electron chi connectivity index (χ3n) is 5.38. The highest BCUT2D eigenvalue weighted by molar-refractivity contribution is 9.11. The summed E-state index contributed by atoms with van der Waals surface area (Å²) in [5.74, 6) is 0. The first-order valence-electron chi connectivity index (χ1n) is 9.49. The van der Waals surface area contributed by atoms with Crippen LogP contribution in [0.25, 0.3) is 0 Å². The number of carbonyl (C=O) groups is 1. The van der Waals surface area contributed by atoms with Gasteiger partial charge in [-0.05, 0) is 40.4 Å². The predicted octanol–water partition coefficient (Wildman–Crippen LogP) is 4.26. The highest BCUT2D eigenvalue weighted by Gasteiger charge is 2.48. The number of carboxylic acid groups (broad SMARTS) is 1. The Balaban J connectivity index is 1.67. The number of halogens is 1. The minimum absolute atomic E-state index is 0.353. The second kappa shape index (κ2) is 7.23. The highest BCUT2D eigenvalue weighted by Crippen LogP contribution is 2.50. The SMILES string of the molecule is C[Si](C)(C)Cn1cc([C@@H]2CC3(CCN2C(=O)O)OCCc2cc(Br)sc23)nn1. The van der Waals surface area contributed by atoms with E-state index in [9.17, 15) is 9.90 Å². The molecular weight excluding hydrogens is 460 g/mol. The molecule has 4 heterocycles. The van der Waals surface area contributed by atoms with Gasteiger partial charge in [-0.1, -0.05) is 24.9 Å². The molecule has 1 fully saturated rings. The van der Waals surface area contributed by atoms with Gasteiger partial charge in [0.1, 0.15) is 11.3 Å². The van der Waals surface area contributed by atoms with Gasteiger partial charge in [0.05, 0.1) is 30.7 Å². The van der Waals surface area contributed by atoms with Crippen molar-refractivity contribution < 1.29 is 14.6 Å². The van der Waals surface area contributed by atoms with E-state index in [2.05, 4.69) is 51.9 Å². The maximum atomic E-state index is 11.9. The minimum Gasteiger partial charge on any atom is -0.465 e. The number of fused-ring (bicyclic) bond motifs is 2. The topological polar surface area (TPSA) is 80.5 Å². The van der Waals surface area contributed by atoms with Crippen LogP contribution in [0.3, 0.4) is 0 Å². The molecule has 2 atom stereocenters. The zero-order valence-electron chi connectivity index (χ0n) is 16.3. The lowest BCUT2D eigenvalue weighted by Crippen LogP contribution is -2.49. The summed E-state index contributed by atoms with van der Waals surface area (Å²) in [6.45, 7) is 7.92. The molecule has 2 aromatic rings. The molecule has 2 aliphatic heterocycles. The van der Waals surface area contributed by atoms with Crippen LogP contribution in [-0.4, -0.2) is 52.3 Å². The quantitative estimate of drug-likeness (QED) is 0.657. The van der Waals surface area contributed by atoms with E-state index >= 15 is 0 Å². The number of piperidine rings is 1. The van der Waals surface area contributed by atoms with Gasteiger partial charge in [-0.25, -0.2) is 4.79 Å². The van der Waals surface area contributed by atoms with Crippen molar-refractivity contribution in [2.24, 2.45) is 0 Å². The molecule has 1 spiro atoms. The van der Waals surface area contributed by atoms with Gasteiger partial charge in [0.15, 0.2) is 0 Å². The second-order valence-electron chi connectivity index (χ2n) is 8.85. The van der Waals surface area contributed by atoms with Crippen LogP contribution in [0.2, 0.25) is 19.6 Å². The fraction of sp³-hybridized carbons (Fsp3) is 0.611. The van der Waals surface area contributed by atoms with Crippen molar-refractivity contribution in [2.45, 2.75) is 56.7 Å². The summed E-state index contributed by atoms with van der Waals surface area (Å²) in [5.41, 5.74) is 1.59. The number of amides is 1. The monoisotopic (exact) mass is 484 g/mol. The zero-order chi connectivity index (χ0) is 20.1. The maximum absolute atomic E-state index is 11.9. The molecule has 0 aromatic carbocycles. The van der Waals surface area contributed by atoms with Crippen molar-refractivity contribution in [3.05, 3.63) is 32.2 Å². The van der Waals surface area contributed by atoms with Crippen LogP contribution in [0.15, 0.2) is 16.0 Å². The van der Waals surface area contributed by atoms with Crippen LogP contribution in [-0.2, 0) is 22.9 Å². The Kier molecular flexibility index (Phi) is 5.18. The van der Waals surface area contributed by atoms with Crippen LogP contribution in [0.5, 0.6) is 0 Å². The normalized spacial score (nSPS) is 25.1. The Morgan fingerprint density at radius 1 is 1.50 bits per heavy atom. The number of hydrogen-bond acceptors (Lipinski definition) is 5. The first-order chi connectivity index (χ1) is 13.2. The molecule has 2 aliphatic rings. The van der Waals surface area contributed by atoms with Crippen molar-refractivity contribution in [1.82, 2.24) is 19.9 Å². The van der Waals surface area contributed by atoms with Crippen molar-refractivity contribution in [1.29, 1.82) is 0 Å².